The van der Waals surface area contributed by atoms with Crippen LogP contribution in [-0.2, 0) is 16.0 Å². The normalized spacial score (nSPS) is 11.3. The Balaban J connectivity index is 1.95. The number of hydrogen-bond donors (Lipinski definition) is 1. The molecule has 0 saturated heterocycles. The van der Waals surface area contributed by atoms with Gasteiger partial charge >= 0.3 is 0 Å². The van der Waals surface area contributed by atoms with E-state index in [2.05, 4.69) is 28.5 Å². The van der Waals surface area contributed by atoms with Crippen LogP contribution in [0.1, 0.15) is 5.56 Å². The van der Waals surface area contributed by atoms with Gasteiger partial charge in [-0.15, -0.1) is 0 Å². The van der Waals surface area contributed by atoms with Crippen LogP contribution in [-0.4, -0.2) is 32.0 Å². The SMILES string of the molecule is COC(CNCc1ccc2cnccc2c1)OC. The molecule has 2 rings (SSSR count). The highest BCUT2D eigenvalue weighted by atomic mass is 16.7. The lowest BCUT2D eigenvalue weighted by molar-refractivity contribution is -0.0989. The predicted octanol–water partition coefficient (Wildman–Crippen LogP) is 1.94. The monoisotopic (exact) mass is 246 g/mol. The van der Waals surface area contributed by atoms with Gasteiger partial charge in [0.2, 0.25) is 0 Å². The summed E-state index contributed by atoms with van der Waals surface area (Å²) in [6, 6.07) is 8.37. The molecule has 0 fully saturated rings. The molecule has 0 spiro atoms. The lowest BCUT2D eigenvalue weighted by Gasteiger charge is -2.14. The number of rotatable bonds is 6. The molecule has 1 aromatic carbocycles. The van der Waals surface area contributed by atoms with Crippen LogP contribution < -0.4 is 5.32 Å². The molecule has 1 heterocycles. The van der Waals surface area contributed by atoms with Gasteiger partial charge in [-0.05, 0) is 23.1 Å². The molecule has 1 N–H and O–H groups in total. The standard InChI is InChI=1S/C14H18N2O2/c1-17-14(18-2)10-16-8-11-3-4-13-9-15-6-5-12(13)7-11/h3-7,9,14,16H,8,10H2,1-2H3. The van der Waals surface area contributed by atoms with Crippen molar-refractivity contribution in [3.8, 4) is 0 Å². The van der Waals surface area contributed by atoms with Crippen LogP contribution in [0.4, 0.5) is 0 Å². The molecule has 0 saturated carbocycles. The highest BCUT2D eigenvalue weighted by Gasteiger charge is 2.03. The number of methoxy groups -OCH3 is 2. The Morgan fingerprint density at radius 2 is 2.00 bits per heavy atom. The van der Waals surface area contributed by atoms with Crippen molar-refractivity contribution >= 4 is 10.8 Å². The highest BCUT2D eigenvalue weighted by molar-refractivity contribution is 5.81. The van der Waals surface area contributed by atoms with Crippen LogP contribution in [0.25, 0.3) is 10.8 Å². The lowest BCUT2D eigenvalue weighted by Crippen LogP contribution is -2.29. The first-order chi connectivity index (χ1) is 8.83. The Kier molecular flexibility index (Phi) is 4.64. The van der Waals surface area contributed by atoms with Crippen molar-refractivity contribution in [1.82, 2.24) is 10.3 Å². The molecule has 0 unspecified atom stereocenters. The summed E-state index contributed by atoms with van der Waals surface area (Å²) < 4.78 is 10.2. The Morgan fingerprint density at radius 1 is 1.17 bits per heavy atom. The van der Waals surface area contributed by atoms with E-state index in [0.717, 1.165) is 11.9 Å². The van der Waals surface area contributed by atoms with Crippen LogP contribution in [0, 0.1) is 0 Å². The minimum Gasteiger partial charge on any atom is -0.355 e. The van der Waals surface area contributed by atoms with E-state index in [1.165, 1.54) is 10.9 Å². The Bertz CT molecular complexity index is 498. The van der Waals surface area contributed by atoms with Gasteiger partial charge in [0.25, 0.3) is 0 Å². The van der Waals surface area contributed by atoms with E-state index >= 15 is 0 Å². The number of hydrogen-bond acceptors (Lipinski definition) is 4. The summed E-state index contributed by atoms with van der Waals surface area (Å²) in [6.45, 7) is 1.46. The number of nitrogens with zero attached hydrogens (tertiary/aromatic N) is 1. The molecule has 1 aromatic heterocycles. The number of pyridine rings is 1. The zero-order valence-electron chi connectivity index (χ0n) is 10.7. The molecule has 0 radical (unpaired) electrons. The van der Waals surface area contributed by atoms with Crippen LogP contribution in [0.2, 0.25) is 0 Å². The van der Waals surface area contributed by atoms with Gasteiger partial charge in [0, 0.05) is 45.1 Å². The van der Waals surface area contributed by atoms with E-state index < -0.39 is 0 Å². The maximum absolute atomic E-state index is 5.11. The topological polar surface area (TPSA) is 43.4 Å². The fourth-order valence-corrected chi connectivity index (χ4v) is 1.84. The van der Waals surface area contributed by atoms with Gasteiger partial charge in [-0.1, -0.05) is 12.1 Å². The zero-order valence-corrected chi connectivity index (χ0v) is 10.7. The summed E-state index contributed by atoms with van der Waals surface area (Å²) in [5, 5.41) is 5.67. The number of ether oxygens (including phenoxy) is 2. The maximum Gasteiger partial charge on any atom is 0.169 e. The van der Waals surface area contributed by atoms with Gasteiger partial charge in [0.05, 0.1) is 0 Å². The van der Waals surface area contributed by atoms with E-state index in [9.17, 15) is 0 Å². The van der Waals surface area contributed by atoms with Gasteiger partial charge in [0.1, 0.15) is 0 Å². The Morgan fingerprint density at radius 3 is 2.78 bits per heavy atom. The molecule has 0 atom stereocenters. The van der Waals surface area contributed by atoms with Crippen molar-refractivity contribution in [3.05, 3.63) is 42.2 Å². The molecule has 2 aromatic rings. The van der Waals surface area contributed by atoms with Crippen molar-refractivity contribution in [3.63, 3.8) is 0 Å². The van der Waals surface area contributed by atoms with Gasteiger partial charge in [-0.2, -0.15) is 0 Å². The summed E-state index contributed by atoms with van der Waals surface area (Å²) in [6.07, 6.45) is 3.48. The average Bonchev–Trinajstić information content (AvgIpc) is 2.43. The molecule has 4 nitrogen and oxygen atoms in total. The third-order valence-corrected chi connectivity index (χ3v) is 2.87. The molecular weight excluding hydrogens is 228 g/mol. The summed E-state index contributed by atoms with van der Waals surface area (Å²) in [5.41, 5.74) is 1.24. The van der Waals surface area contributed by atoms with Crippen molar-refractivity contribution in [2.45, 2.75) is 12.8 Å². The van der Waals surface area contributed by atoms with Crippen LogP contribution in [0.5, 0.6) is 0 Å². The van der Waals surface area contributed by atoms with E-state index in [4.69, 9.17) is 9.47 Å². The maximum atomic E-state index is 5.11. The second-order valence-corrected chi connectivity index (χ2v) is 4.09. The number of benzene rings is 1. The van der Waals surface area contributed by atoms with Gasteiger partial charge in [-0.25, -0.2) is 0 Å². The first kappa shape index (κ1) is 13.0. The zero-order chi connectivity index (χ0) is 12.8. The van der Waals surface area contributed by atoms with Crippen molar-refractivity contribution in [2.24, 2.45) is 0 Å². The number of nitrogens with one attached hydrogen (secondary N) is 1. The molecule has 0 aliphatic rings. The Hall–Kier alpha value is -1.49. The molecule has 0 aliphatic carbocycles. The fourth-order valence-electron chi connectivity index (χ4n) is 1.84. The van der Waals surface area contributed by atoms with E-state index in [1.807, 2.05) is 18.5 Å². The van der Waals surface area contributed by atoms with Crippen LogP contribution >= 0.6 is 0 Å². The first-order valence-corrected chi connectivity index (χ1v) is 5.92. The lowest BCUT2D eigenvalue weighted by atomic mass is 10.1. The predicted molar refractivity (Wildman–Crippen MR) is 71.3 cm³/mol. The quantitative estimate of drug-likeness (QED) is 0.791. The van der Waals surface area contributed by atoms with E-state index in [-0.39, 0.29) is 6.29 Å². The highest BCUT2D eigenvalue weighted by Crippen LogP contribution is 2.14. The molecule has 96 valence electrons. The molecule has 4 heteroatoms. The summed E-state index contributed by atoms with van der Waals surface area (Å²) in [4.78, 5) is 4.10. The molecule has 18 heavy (non-hydrogen) atoms. The first-order valence-electron chi connectivity index (χ1n) is 5.92. The van der Waals surface area contributed by atoms with E-state index in [1.54, 1.807) is 14.2 Å². The van der Waals surface area contributed by atoms with Crippen LogP contribution in [0.3, 0.4) is 0 Å². The third-order valence-electron chi connectivity index (χ3n) is 2.87. The minimum atomic E-state index is -0.199. The molecular formula is C14H18N2O2. The summed E-state index contributed by atoms with van der Waals surface area (Å²) >= 11 is 0. The third kappa shape index (κ3) is 3.26. The van der Waals surface area contributed by atoms with Crippen molar-refractivity contribution in [2.75, 3.05) is 20.8 Å². The van der Waals surface area contributed by atoms with Gasteiger partial charge < -0.3 is 14.8 Å². The van der Waals surface area contributed by atoms with Crippen molar-refractivity contribution < 1.29 is 9.47 Å². The second kappa shape index (κ2) is 6.44. The second-order valence-electron chi connectivity index (χ2n) is 4.09. The minimum absolute atomic E-state index is 0.199. The fraction of sp³-hybridized carbons (Fsp3) is 0.357. The summed E-state index contributed by atoms with van der Waals surface area (Å²) in [7, 11) is 3.28. The van der Waals surface area contributed by atoms with Gasteiger partial charge in [-0.3, -0.25) is 4.98 Å². The Labute approximate surface area is 107 Å². The smallest absolute Gasteiger partial charge is 0.169 e. The molecule has 0 bridgehead atoms. The van der Waals surface area contributed by atoms with Gasteiger partial charge in [0.15, 0.2) is 6.29 Å². The number of fused-ring (bicyclic) bond motifs is 1. The van der Waals surface area contributed by atoms with Crippen LogP contribution in [0.15, 0.2) is 36.7 Å². The average molecular weight is 246 g/mol. The largest absolute Gasteiger partial charge is 0.355 e. The molecule has 0 amide bonds. The summed E-state index contributed by atoms with van der Waals surface area (Å²) in [5.74, 6) is 0. The van der Waals surface area contributed by atoms with Crippen molar-refractivity contribution in [1.29, 1.82) is 0 Å². The van der Waals surface area contributed by atoms with E-state index in [0.29, 0.717) is 6.54 Å². The number of aromatic nitrogens is 1. The molecule has 0 aliphatic heterocycles.